The topological polar surface area (TPSA) is 0 Å². The number of rotatable bonds is 4. The predicted molar refractivity (Wildman–Crippen MR) is 69.2 cm³/mol. The molecular formula is C13H14BS. The van der Waals surface area contributed by atoms with Gasteiger partial charge in [0.15, 0.2) is 7.28 Å². The van der Waals surface area contributed by atoms with E-state index >= 15 is 0 Å². The van der Waals surface area contributed by atoms with Crippen molar-refractivity contribution in [3.8, 4) is 0 Å². The van der Waals surface area contributed by atoms with Gasteiger partial charge >= 0.3 is 0 Å². The molecule has 1 aromatic heterocycles. The molecule has 1 heterocycles. The first kappa shape index (κ1) is 10.5. The van der Waals surface area contributed by atoms with Crippen LogP contribution < -0.4 is 5.46 Å². The van der Waals surface area contributed by atoms with Gasteiger partial charge in [0.2, 0.25) is 0 Å². The van der Waals surface area contributed by atoms with Gasteiger partial charge in [0, 0.05) is 0 Å². The molecule has 0 amide bonds. The molecule has 0 N–H and O–H groups in total. The van der Waals surface area contributed by atoms with E-state index in [1.165, 1.54) is 15.9 Å². The Morgan fingerprint density at radius 1 is 1.13 bits per heavy atom. The molecule has 0 nitrogen and oxygen atoms in total. The normalized spacial score (nSPS) is 10.2. The minimum Gasteiger partial charge on any atom is -0.150 e. The molecule has 0 aliphatic heterocycles. The highest BCUT2D eigenvalue weighted by atomic mass is 32.1. The smallest absolute Gasteiger partial charge is 0.150 e. The molecule has 0 atom stereocenters. The van der Waals surface area contributed by atoms with Gasteiger partial charge < -0.3 is 0 Å². The number of hydrogen-bond acceptors (Lipinski definition) is 1. The minimum absolute atomic E-state index is 1.03. The highest BCUT2D eigenvalue weighted by Crippen LogP contribution is 2.07. The molecule has 2 rings (SSSR count). The van der Waals surface area contributed by atoms with E-state index in [1.807, 2.05) is 11.3 Å². The van der Waals surface area contributed by atoms with Gasteiger partial charge in [-0.15, -0.1) is 11.3 Å². The summed E-state index contributed by atoms with van der Waals surface area (Å²) >= 11 is 1.85. The molecule has 0 fully saturated rings. The Bertz CT molecular complexity index is 405. The fourth-order valence-electron chi connectivity index (χ4n) is 1.66. The van der Waals surface area contributed by atoms with Crippen LogP contribution in [-0.2, 0) is 12.7 Å². The van der Waals surface area contributed by atoms with Gasteiger partial charge in [0.1, 0.15) is 0 Å². The minimum atomic E-state index is 1.03. The summed E-state index contributed by atoms with van der Waals surface area (Å²) in [4.78, 5) is 1.49. The summed E-state index contributed by atoms with van der Waals surface area (Å²) in [5.41, 5.74) is 2.79. The molecule has 1 aromatic carbocycles. The maximum Gasteiger partial charge on any atom is 0.157 e. The highest BCUT2D eigenvalue weighted by molar-refractivity contribution is 7.11. The SMILES string of the molecule is CCc1sccc1[B]Cc1ccccc1. The van der Waals surface area contributed by atoms with Crippen molar-refractivity contribution in [1.29, 1.82) is 0 Å². The van der Waals surface area contributed by atoms with Crippen LogP contribution in [0, 0.1) is 0 Å². The van der Waals surface area contributed by atoms with Crippen molar-refractivity contribution in [3.05, 3.63) is 52.2 Å². The van der Waals surface area contributed by atoms with Gasteiger partial charge in [-0.25, -0.2) is 0 Å². The molecule has 1 radical (unpaired) electrons. The third-order valence-corrected chi connectivity index (χ3v) is 3.58. The molecule has 2 heteroatoms. The third-order valence-electron chi connectivity index (χ3n) is 2.50. The Labute approximate surface area is 96.2 Å². The maximum absolute atomic E-state index is 2.32. The Morgan fingerprint density at radius 3 is 2.67 bits per heavy atom. The number of benzene rings is 1. The summed E-state index contributed by atoms with van der Waals surface area (Å²) in [5.74, 6) is 0. The lowest BCUT2D eigenvalue weighted by atomic mass is 9.65. The van der Waals surface area contributed by atoms with Crippen molar-refractivity contribution >= 4 is 24.1 Å². The van der Waals surface area contributed by atoms with Crippen LogP contribution in [0.15, 0.2) is 41.8 Å². The summed E-state index contributed by atoms with van der Waals surface area (Å²) in [6, 6.07) is 12.8. The zero-order valence-corrected chi connectivity index (χ0v) is 9.76. The number of aryl methyl sites for hydroxylation is 1. The first-order chi connectivity index (χ1) is 7.40. The fourth-order valence-corrected chi connectivity index (χ4v) is 2.49. The summed E-state index contributed by atoms with van der Waals surface area (Å²) in [7, 11) is 2.32. The molecule has 0 spiro atoms. The first-order valence-corrected chi connectivity index (χ1v) is 6.21. The Morgan fingerprint density at radius 2 is 1.93 bits per heavy atom. The summed E-state index contributed by atoms with van der Waals surface area (Å²) in [6.45, 7) is 2.21. The lowest BCUT2D eigenvalue weighted by Gasteiger charge is -2.00. The standard InChI is InChI=1S/C13H14BS/c1-2-13-12(8-9-15-13)14-10-11-6-4-3-5-7-11/h3-9H,2,10H2,1H3. The van der Waals surface area contributed by atoms with E-state index in [2.05, 4.69) is 56.0 Å². The number of hydrogen-bond donors (Lipinski definition) is 0. The predicted octanol–water partition coefficient (Wildman–Crippen LogP) is 2.84. The van der Waals surface area contributed by atoms with Gasteiger partial charge in [-0.1, -0.05) is 54.3 Å². The van der Waals surface area contributed by atoms with Crippen LogP contribution in [0.5, 0.6) is 0 Å². The molecular weight excluding hydrogens is 199 g/mol. The molecule has 75 valence electrons. The molecule has 0 unspecified atom stereocenters. The van der Waals surface area contributed by atoms with Crippen LogP contribution in [-0.4, -0.2) is 7.28 Å². The molecule has 0 saturated carbocycles. The summed E-state index contributed by atoms with van der Waals surface area (Å²) < 4.78 is 0. The van der Waals surface area contributed by atoms with Gasteiger partial charge in [-0.3, -0.25) is 0 Å². The average Bonchev–Trinajstić information content (AvgIpc) is 2.75. The summed E-state index contributed by atoms with van der Waals surface area (Å²) in [6.07, 6.45) is 2.17. The van der Waals surface area contributed by atoms with Gasteiger partial charge in [-0.2, -0.15) is 0 Å². The van der Waals surface area contributed by atoms with Crippen molar-refractivity contribution in [2.24, 2.45) is 0 Å². The maximum atomic E-state index is 2.32. The van der Waals surface area contributed by atoms with Crippen molar-refractivity contribution in [2.75, 3.05) is 0 Å². The van der Waals surface area contributed by atoms with Crippen LogP contribution in [0.25, 0.3) is 0 Å². The van der Waals surface area contributed by atoms with Crippen LogP contribution >= 0.6 is 11.3 Å². The Kier molecular flexibility index (Phi) is 3.62. The first-order valence-electron chi connectivity index (χ1n) is 5.33. The molecule has 0 aliphatic rings. The lowest BCUT2D eigenvalue weighted by Crippen LogP contribution is -2.17. The van der Waals surface area contributed by atoms with E-state index in [0.717, 1.165) is 12.7 Å². The van der Waals surface area contributed by atoms with E-state index < -0.39 is 0 Å². The van der Waals surface area contributed by atoms with E-state index in [0.29, 0.717) is 0 Å². The molecule has 0 aliphatic carbocycles. The van der Waals surface area contributed by atoms with Crippen LogP contribution in [0.1, 0.15) is 17.4 Å². The third kappa shape index (κ3) is 2.72. The summed E-state index contributed by atoms with van der Waals surface area (Å²) in [5, 5.41) is 2.18. The quantitative estimate of drug-likeness (QED) is 0.685. The van der Waals surface area contributed by atoms with Crippen molar-refractivity contribution in [3.63, 3.8) is 0 Å². The average molecular weight is 213 g/mol. The second-order valence-corrected chi connectivity index (χ2v) is 4.55. The van der Waals surface area contributed by atoms with E-state index in [4.69, 9.17) is 0 Å². The Hall–Kier alpha value is -1.02. The zero-order chi connectivity index (χ0) is 10.5. The second-order valence-electron chi connectivity index (χ2n) is 3.55. The van der Waals surface area contributed by atoms with E-state index in [-0.39, 0.29) is 0 Å². The second kappa shape index (κ2) is 5.17. The molecule has 2 aromatic rings. The molecule has 0 bridgehead atoms. The zero-order valence-electron chi connectivity index (χ0n) is 8.94. The van der Waals surface area contributed by atoms with E-state index in [9.17, 15) is 0 Å². The molecule has 0 saturated heterocycles. The molecule has 15 heavy (non-hydrogen) atoms. The highest BCUT2D eigenvalue weighted by Gasteiger charge is 2.03. The Balaban J connectivity index is 1.99. The van der Waals surface area contributed by atoms with Crippen molar-refractivity contribution in [2.45, 2.75) is 19.7 Å². The van der Waals surface area contributed by atoms with Gasteiger partial charge in [-0.05, 0) is 23.0 Å². The van der Waals surface area contributed by atoms with Crippen molar-refractivity contribution in [1.82, 2.24) is 0 Å². The van der Waals surface area contributed by atoms with Gasteiger partial charge in [0.25, 0.3) is 0 Å². The van der Waals surface area contributed by atoms with Crippen molar-refractivity contribution < 1.29 is 0 Å². The largest absolute Gasteiger partial charge is 0.157 e. The fraction of sp³-hybridized carbons (Fsp3) is 0.231. The van der Waals surface area contributed by atoms with Crippen LogP contribution in [0.2, 0.25) is 0 Å². The monoisotopic (exact) mass is 213 g/mol. The number of thiophene rings is 1. The van der Waals surface area contributed by atoms with Gasteiger partial charge in [0.05, 0.1) is 0 Å². The van der Waals surface area contributed by atoms with E-state index in [1.54, 1.807) is 0 Å². The van der Waals surface area contributed by atoms with Crippen LogP contribution in [0.4, 0.5) is 0 Å². The van der Waals surface area contributed by atoms with Crippen LogP contribution in [0.3, 0.4) is 0 Å². The lowest BCUT2D eigenvalue weighted by molar-refractivity contribution is 1.20.